The summed E-state index contributed by atoms with van der Waals surface area (Å²) in [5, 5.41) is 3.53. The zero-order valence-electron chi connectivity index (χ0n) is 25.4. The van der Waals surface area contributed by atoms with Crippen molar-refractivity contribution in [1.82, 2.24) is 10.2 Å². The van der Waals surface area contributed by atoms with Crippen molar-refractivity contribution < 1.29 is 22.7 Å². The number of methoxy groups -OCH3 is 1. The molecule has 0 saturated heterocycles. The molecule has 0 fully saturated rings. The number of hydrogen-bond donors (Lipinski definition) is 1. The SMILES string of the molecule is CCCCNC(=O)C(Cc1ccccc1)N(Cc1ccc(Cl)cc1)C(=O)CN(c1ccccc1)S(=O)(=O)c1ccc(OC)cc1. The number of ether oxygens (including phenoxy) is 1. The number of carbonyl (C=O) groups is 2. The quantitative estimate of drug-likeness (QED) is 0.157. The number of unbranched alkanes of at least 4 members (excludes halogenated alkanes) is 1. The summed E-state index contributed by atoms with van der Waals surface area (Å²) < 4.78 is 34.4. The van der Waals surface area contributed by atoms with Crippen molar-refractivity contribution >= 4 is 39.1 Å². The number of para-hydroxylation sites is 1. The molecule has 0 saturated carbocycles. The van der Waals surface area contributed by atoms with Gasteiger partial charge in [-0.15, -0.1) is 0 Å². The molecule has 4 aromatic carbocycles. The number of rotatable bonds is 15. The molecule has 0 radical (unpaired) electrons. The van der Waals surface area contributed by atoms with Crippen molar-refractivity contribution in [3.63, 3.8) is 0 Å². The molecule has 0 aromatic heterocycles. The molecule has 8 nitrogen and oxygen atoms in total. The van der Waals surface area contributed by atoms with Crippen LogP contribution in [0.15, 0.2) is 114 Å². The molecule has 4 rings (SSSR count). The molecule has 1 N–H and O–H groups in total. The first-order chi connectivity index (χ1) is 21.7. The van der Waals surface area contributed by atoms with Crippen molar-refractivity contribution in [2.45, 2.75) is 43.7 Å². The minimum atomic E-state index is -4.20. The Morgan fingerprint density at radius 3 is 2.07 bits per heavy atom. The number of nitrogens with zero attached hydrogens (tertiary/aromatic N) is 2. The van der Waals surface area contributed by atoms with Crippen molar-refractivity contribution in [3.05, 3.63) is 125 Å². The van der Waals surface area contributed by atoms with Gasteiger partial charge in [-0.05, 0) is 66.1 Å². The van der Waals surface area contributed by atoms with Crippen molar-refractivity contribution in [2.75, 3.05) is 24.5 Å². The van der Waals surface area contributed by atoms with E-state index in [9.17, 15) is 18.0 Å². The summed E-state index contributed by atoms with van der Waals surface area (Å²) >= 11 is 6.14. The molecule has 236 valence electrons. The first-order valence-electron chi connectivity index (χ1n) is 14.8. The average molecular weight is 648 g/mol. The zero-order valence-corrected chi connectivity index (χ0v) is 27.0. The van der Waals surface area contributed by atoms with E-state index in [2.05, 4.69) is 5.32 Å². The zero-order chi connectivity index (χ0) is 32.2. The first kappa shape index (κ1) is 33.6. The number of carbonyl (C=O) groups excluding carboxylic acids is 2. The lowest BCUT2D eigenvalue weighted by molar-refractivity contribution is -0.140. The van der Waals surface area contributed by atoms with Crippen molar-refractivity contribution in [3.8, 4) is 5.75 Å². The Labute approximate surface area is 270 Å². The van der Waals surface area contributed by atoms with Crippen LogP contribution >= 0.6 is 11.6 Å². The summed E-state index contributed by atoms with van der Waals surface area (Å²) in [7, 11) is -2.70. The van der Waals surface area contributed by atoms with Crippen molar-refractivity contribution in [1.29, 1.82) is 0 Å². The standard InChI is InChI=1S/C35H38ClN3O5S/c1-3-4-23-37-35(41)33(24-27-11-7-5-8-12-27)38(25-28-15-17-29(36)18-16-28)34(40)26-39(30-13-9-6-10-14-30)45(42,43)32-21-19-31(44-2)20-22-32/h5-22,33H,3-4,23-26H2,1-2H3,(H,37,41). The van der Waals surface area contributed by atoms with Crippen LogP contribution in [0, 0.1) is 0 Å². The topological polar surface area (TPSA) is 96.0 Å². The maximum atomic E-state index is 14.4. The summed E-state index contributed by atoms with van der Waals surface area (Å²) in [5.74, 6) is -0.334. The second kappa shape index (κ2) is 16.1. The largest absolute Gasteiger partial charge is 0.497 e. The number of sulfonamides is 1. The Kier molecular flexibility index (Phi) is 12.0. The van der Waals surface area contributed by atoms with E-state index >= 15 is 0 Å². The second-order valence-corrected chi connectivity index (χ2v) is 12.8. The third-order valence-corrected chi connectivity index (χ3v) is 9.38. The lowest BCUT2D eigenvalue weighted by Gasteiger charge is -2.34. The lowest BCUT2D eigenvalue weighted by Crippen LogP contribution is -2.53. The summed E-state index contributed by atoms with van der Waals surface area (Å²) in [4.78, 5) is 29.7. The van der Waals surface area contributed by atoms with E-state index in [0.29, 0.717) is 23.0 Å². The van der Waals surface area contributed by atoms with Gasteiger partial charge in [0, 0.05) is 24.5 Å². The number of amides is 2. The highest BCUT2D eigenvalue weighted by molar-refractivity contribution is 7.92. The number of hydrogen-bond acceptors (Lipinski definition) is 5. The van der Waals surface area contributed by atoms with Crippen LogP contribution < -0.4 is 14.4 Å². The van der Waals surface area contributed by atoms with Crippen LogP contribution in [0.4, 0.5) is 5.69 Å². The maximum absolute atomic E-state index is 14.4. The first-order valence-corrected chi connectivity index (χ1v) is 16.6. The predicted molar refractivity (Wildman–Crippen MR) is 178 cm³/mol. The van der Waals surface area contributed by atoms with E-state index in [1.807, 2.05) is 37.3 Å². The smallest absolute Gasteiger partial charge is 0.264 e. The third-order valence-electron chi connectivity index (χ3n) is 7.34. The van der Waals surface area contributed by atoms with Crippen LogP contribution in [0.3, 0.4) is 0 Å². The Balaban J connectivity index is 1.76. The monoisotopic (exact) mass is 647 g/mol. The van der Waals surface area contributed by atoms with Crippen LogP contribution in [0.25, 0.3) is 0 Å². The maximum Gasteiger partial charge on any atom is 0.264 e. The van der Waals surface area contributed by atoms with E-state index in [-0.39, 0.29) is 23.8 Å². The van der Waals surface area contributed by atoms with Crippen LogP contribution in [-0.4, -0.2) is 51.4 Å². The number of anilines is 1. The highest BCUT2D eigenvalue weighted by Crippen LogP contribution is 2.26. The molecule has 0 aliphatic rings. The van der Waals surface area contributed by atoms with Gasteiger partial charge in [0.25, 0.3) is 10.0 Å². The van der Waals surface area contributed by atoms with E-state index in [4.69, 9.17) is 16.3 Å². The number of halogens is 1. The molecular weight excluding hydrogens is 610 g/mol. The minimum absolute atomic E-state index is 0.00217. The Morgan fingerprint density at radius 1 is 0.844 bits per heavy atom. The van der Waals surface area contributed by atoms with Gasteiger partial charge in [0.05, 0.1) is 17.7 Å². The molecule has 0 spiro atoms. The Hall–Kier alpha value is -4.34. The summed E-state index contributed by atoms with van der Waals surface area (Å²) in [6.07, 6.45) is 1.93. The molecule has 0 aliphatic heterocycles. The molecule has 0 aliphatic carbocycles. The molecule has 2 amide bonds. The van der Waals surface area contributed by atoms with Crippen LogP contribution in [-0.2, 0) is 32.6 Å². The predicted octanol–water partition coefficient (Wildman–Crippen LogP) is 6.10. The minimum Gasteiger partial charge on any atom is -0.497 e. The summed E-state index contributed by atoms with van der Waals surface area (Å²) in [6.45, 7) is 2.04. The fraction of sp³-hybridized carbons (Fsp3) is 0.257. The molecule has 0 heterocycles. The van der Waals surface area contributed by atoms with E-state index in [1.54, 1.807) is 66.7 Å². The van der Waals surface area contributed by atoms with Gasteiger partial charge < -0.3 is 15.0 Å². The van der Waals surface area contributed by atoms with Gasteiger partial charge in [0.15, 0.2) is 0 Å². The highest BCUT2D eigenvalue weighted by atomic mass is 35.5. The normalized spacial score (nSPS) is 11.8. The number of benzene rings is 4. The fourth-order valence-corrected chi connectivity index (χ4v) is 6.38. The third kappa shape index (κ3) is 9.09. The van der Waals surface area contributed by atoms with Gasteiger partial charge in [0.2, 0.25) is 11.8 Å². The van der Waals surface area contributed by atoms with Gasteiger partial charge in [-0.25, -0.2) is 8.42 Å². The average Bonchev–Trinajstić information content (AvgIpc) is 3.06. The van der Waals surface area contributed by atoms with Gasteiger partial charge >= 0.3 is 0 Å². The van der Waals surface area contributed by atoms with E-state index in [1.165, 1.54) is 24.1 Å². The summed E-state index contributed by atoms with van der Waals surface area (Å²) in [5.41, 5.74) is 1.93. The van der Waals surface area contributed by atoms with Crippen LogP contribution in [0.2, 0.25) is 5.02 Å². The Morgan fingerprint density at radius 2 is 1.47 bits per heavy atom. The van der Waals surface area contributed by atoms with Gasteiger partial charge in [-0.3, -0.25) is 13.9 Å². The molecule has 1 atom stereocenters. The Bertz CT molecular complexity index is 1630. The van der Waals surface area contributed by atoms with Gasteiger partial charge in [-0.1, -0.05) is 85.6 Å². The van der Waals surface area contributed by atoms with E-state index in [0.717, 1.165) is 28.3 Å². The molecule has 4 aromatic rings. The lowest BCUT2D eigenvalue weighted by atomic mass is 10.0. The summed E-state index contributed by atoms with van der Waals surface area (Å²) in [6, 6.07) is 30.0. The fourth-order valence-electron chi connectivity index (χ4n) is 4.84. The molecule has 0 bridgehead atoms. The number of nitrogens with one attached hydrogen (secondary N) is 1. The molecule has 10 heteroatoms. The molecule has 1 unspecified atom stereocenters. The van der Waals surface area contributed by atoms with Crippen LogP contribution in [0.1, 0.15) is 30.9 Å². The highest BCUT2D eigenvalue weighted by Gasteiger charge is 2.34. The second-order valence-electron chi connectivity index (χ2n) is 10.5. The van der Waals surface area contributed by atoms with E-state index < -0.39 is 28.5 Å². The van der Waals surface area contributed by atoms with Gasteiger partial charge in [-0.2, -0.15) is 0 Å². The van der Waals surface area contributed by atoms with Crippen LogP contribution in [0.5, 0.6) is 5.75 Å². The van der Waals surface area contributed by atoms with Crippen molar-refractivity contribution in [2.24, 2.45) is 0 Å². The molecule has 45 heavy (non-hydrogen) atoms. The van der Waals surface area contributed by atoms with Gasteiger partial charge in [0.1, 0.15) is 18.3 Å². The molecular formula is C35H38ClN3O5S.